The molecule has 0 fully saturated rings. The third kappa shape index (κ3) is 4.39. The largest absolute Gasteiger partial charge is 0.494 e. The fourth-order valence-corrected chi connectivity index (χ4v) is 1.88. The molecule has 0 aliphatic heterocycles. The Morgan fingerprint density at radius 3 is 2.29 bits per heavy atom. The van der Waals surface area contributed by atoms with Gasteiger partial charge in [0.2, 0.25) is 0 Å². The first kappa shape index (κ1) is 14.0. The van der Waals surface area contributed by atoms with E-state index in [1.54, 1.807) is 0 Å². The van der Waals surface area contributed by atoms with Crippen LogP contribution >= 0.6 is 0 Å². The Balaban J connectivity index is 2.61. The van der Waals surface area contributed by atoms with E-state index in [1.807, 2.05) is 31.2 Å². The quantitative estimate of drug-likeness (QED) is 0.728. The van der Waals surface area contributed by atoms with E-state index < -0.39 is 5.60 Å². The summed E-state index contributed by atoms with van der Waals surface area (Å²) in [6, 6.07) is 7.79. The number of benzene rings is 1. The molecule has 0 aromatic heterocycles. The zero-order valence-electron chi connectivity index (χ0n) is 11.2. The van der Waals surface area contributed by atoms with Gasteiger partial charge in [-0.25, -0.2) is 0 Å². The molecule has 1 atom stereocenters. The summed E-state index contributed by atoms with van der Waals surface area (Å²) in [6.07, 6.45) is 3.98. The van der Waals surface area contributed by atoms with Crippen LogP contribution in [-0.2, 0) is 5.60 Å². The summed E-state index contributed by atoms with van der Waals surface area (Å²) < 4.78 is 5.59. The van der Waals surface area contributed by atoms with Crippen LogP contribution in [0.1, 0.15) is 52.0 Å². The average molecular weight is 236 g/mol. The summed E-state index contributed by atoms with van der Waals surface area (Å²) in [5.41, 5.74) is 0.235. The molecule has 96 valence electrons. The van der Waals surface area contributed by atoms with Crippen LogP contribution in [0.25, 0.3) is 0 Å². The van der Waals surface area contributed by atoms with E-state index in [2.05, 4.69) is 13.8 Å². The molecule has 1 unspecified atom stereocenters. The van der Waals surface area contributed by atoms with Crippen molar-refractivity contribution >= 4 is 0 Å². The minimum atomic E-state index is -0.725. The van der Waals surface area contributed by atoms with Crippen LogP contribution in [-0.4, -0.2) is 11.7 Å². The van der Waals surface area contributed by atoms with E-state index in [9.17, 15) is 5.11 Å². The molecule has 0 bridgehead atoms. The predicted octanol–water partition coefficient (Wildman–Crippen LogP) is 3.87. The van der Waals surface area contributed by atoms with Crippen LogP contribution in [0.15, 0.2) is 24.3 Å². The molecular formula is C15H24O2. The third-order valence-electron chi connectivity index (χ3n) is 2.98. The van der Waals surface area contributed by atoms with Crippen molar-refractivity contribution in [1.29, 1.82) is 0 Å². The molecule has 17 heavy (non-hydrogen) atoms. The number of rotatable bonds is 7. The molecule has 1 N–H and O–H groups in total. The standard InChI is InChI=1S/C15H24O2/c1-4-6-12-17-14-9-7-13(8-10-14)15(3,16)11-5-2/h7-10,16H,4-6,11-12H2,1-3H3. The van der Waals surface area contributed by atoms with Crippen molar-refractivity contribution in [1.82, 2.24) is 0 Å². The molecule has 1 aromatic rings. The molecule has 0 radical (unpaired) electrons. The highest BCUT2D eigenvalue weighted by Gasteiger charge is 2.21. The van der Waals surface area contributed by atoms with Crippen molar-refractivity contribution < 1.29 is 9.84 Å². The Hall–Kier alpha value is -1.02. The minimum absolute atomic E-state index is 0.725. The smallest absolute Gasteiger partial charge is 0.119 e. The SMILES string of the molecule is CCCCOc1ccc(C(C)(O)CCC)cc1. The molecule has 2 nitrogen and oxygen atoms in total. The van der Waals surface area contributed by atoms with E-state index in [1.165, 1.54) is 0 Å². The second-order valence-corrected chi connectivity index (χ2v) is 4.75. The minimum Gasteiger partial charge on any atom is -0.494 e. The van der Waals surface area contributed by atoms with Gasteiger partial charge in [-0.2, -0.15) is 0 Å². The molecule has 0 aliphatic carbocycles. The molecule has 0 spiro atoms. The van der Waals surface area contributed by atoms with Gasteiger partial charge in [-0.15, -0.1) is 0 Å². The number of hydrogen-bond acceptors (Lipinski definition) is 2. The number of unbranched alkanes of at least 4 members (excludes halogenated alkanes) is 1. The summed E-state index contributed by atoms with van der Waals surface area (Å²) in [5, 5.41) is 10.2. The molecule has 2 heteroatoms. The lowest BCUT2D eigenvalue weighted by atomic mass is 9.91. The van der Waals surface area contributed by atoms with Crippen molar-refractivity contribution in [3.05, 3.63) is 29.8 Å². The molecule has 0 saturated heterocycles. The summed E-state index contributed by atoms with van der Waals surface area (Å²) in [7, 11) is 0. The summed E-state index contributed by atoms with van der Waals surface area (Å²) in [4.78, 5) is 0. The number of hydrogen-bond donors (Lipinski definition) is 1. The maximum Gasteiger partial charge on any atom is 0.119 e. The lowest BCUT2D eigenvalue weighted by Crippen LogP contribution is -2.20. The van der Waals surface area contributed by atoms with Crippen LogP contribution in [0.4, 0.5) is 0 Å². The van der Waals surface area contributed by atoms with Crippen LogP contribution in [0.5, 0.6) is 5.75 Å². The fraction of sp³-hybridized carbons (Fsp3) is 0.600. The van der Waals surface area contributed by atoms with Crippen molar-refractivity contribution in [2.45, 2.75) is 52.1 Å². The molecule has 1 aromatic carbocycles. The number of aliphatic hydroxyl groups is 1. The van der Waals surface area contributed by atoms with E-state index in [0.717, 1.165) is 43.6 Å². The molecular weight excluding hydrogens is 212 g/mol. The first-order valence-corrected chi connectivity index (χ1v) is 6.56. The topological polar surface area (TPSA) is 29.5 Å². The zero-order valence-corrected chi connectivity index (χ0v) is 11.2. The highest BCUT2D eigenvalue weighted by atomic mass is 16.5. The second kappa shape index (κ2) is 6.65. The second-order valence-electron chi connectivity index (χ2n) is 4.75. The zero-order chi connectivity index (χ0) is 12.7. The van der Waals surface area contributed by atoms with Gasteiger partial charge in [0.15, 0.2) is 0 Å². The first-order chi connectivity index (χ1) is 8.10. The van der Waals surface area contributed by atoms with Crippen molar-refractivity contribution in [3.63, 3.8) is 0 Å². The van der Waals surface area contributed by atoms with E-state index in [-0.39, 0.29) is 0 Å². The Bertz CT molecular complexity index is 314. The van der Waals surface area contributed by atoms with E-state index in [0.29, 0.717) is 0 Å². The van der Waals surface area contributed by atoms with Gasteiger partial charge < -0.3 is 9.84 Å². The monoisotopic (exact) mass is 236 g/mol. The van der Waals surface area contributed by atoms with Gasteiger partial charge >= 0.3 is 0 Å². The Labute approximate surface area is 105 Å². The van der Waals surface area contributed by atoms with Gasteiger partial charge in [0, 0.05) is 0 Å². The van der Waals surface area contributed by atoms with E-state index >= 15 is 0 Å². The van der Waals surface area contributed by atoms with Gasteiger partial charge in [0.05, 0.1) is 12.2 Å². The van der Waals surface area contributed by atoms with E-state index in [4.69, 9.17) is 4.74 Å². The van der Waals surface area contributed by atoms with Gasteiger partial charge in [-0.1, -0.05) is 38.8 Å². The van der Waals surface area contributed by atoms with Crippen LogP contribution in [0, 0.1) is 0 Å². The van der Waals surface area contributed by atoms with Crippen LogP contribution in [0.3, 0.4) is 0 Å². The number of ether oxygens (including phenoxy) is 1. The molecule has 0 saturated carbocycles. The Kier molecular flexibility index (Phi) is 5.49. The summed E-state index contributed by atoms with van der Waals surface area (Å²) in [6.45, 7) is 6.86. The predicted molar refractivity (Wildman–Crippen MR) is 71.3 cm³/mol. The first-order valence-electron chi connectivity index (χ1n) is 6.56. The Morgan fingerprint density at radius 1 is 1.12 bits per heavy atom. The molecule has 0 aliphatic rings. The molecule has 0 amide bonds. The lowest BCUT2D eigenvalue weighted by Gasteiger charge is -2.23. The molecule has 0 heterocycles. The van der Waals surface area contributed by atoms with Gasteiger partial charge in [0.1, 0.15) is 5.75 Å². The highest BCUT2D eigenvalue weighted by Crippen LogP contribution is 2.27. The lowest BCUT2D eigenvalue weighted by molar-refractivity contribution is 0.0469. The summed E-state index contributed by atoms with van der Waals surface area (Å²) >= 11 is 0. The maximum atomic E-state index is 10.2. The van der Waals surface area contributed by atoms with Crippen LogP contribution in [0.2, 0.25) is 0 Å². The van der Waals surface area contributed by atoms with Crippen molar-refractivity contribution in [2.24, 2.45) is 0 Å². The maximum absolute atomic E-state index is 10.2. The highest BCUT2D eigenvalue weighted by molar-refractivity contribution is 5.30. The Morgan fingerprint density at radius 2 is 1.76 bits per heavy atom. The van der Waals surface area contributed by atoms with Crippen molar-refractivity contribution in [2.75, 3.05) is 6.61 Å². The van der Waals surface area contributed by atoms with Gasteiger partial charge in [0.25, 0.3) is 0 Å². The molecule has 1 rings (SSSR count). The van der Waals surface area contributed by atoms with Crippen molar-refractivity contribution in [3.8, 4) is 5.75 Å². The fourth-order valence-electron chi connectivity index (χ4n) is 1.88. The summed E-state index contributed by atoms with van der Waals surface area (Å²) in [5.74, 6) is 0.884. The normalized spacial score (nSPS) is 14.4. The third-order valence-corrected chi connectivity index (χ3v) is 2.98. The van der Waals surface area contributed by atoms with Gasteiger partial charge in [-0.05, 0) is 37.5 Å². The average Bonchev–Trinajstić information content (AvgIpc) is 2.30. The van der Waals surface area contributed by atoms with Crippen LogP contribution < -0.4 is 4.74 Å². The van der Waals surface area contributed by atoms with Gasteiger partial charge in [-0.3, -0.25) is 0 Å².